The number of benzene rings is 4. The van der Waals surface area contributed by atoms with Gasteiger partial charge in [0.25, 0.3) is 15.9 Å². The fraction of sp³-hybridized carbons (Fsp3) is 0.286. The van der Waals surface area contributed by atoms with E-state index in [0.717, 1.165) is 28.8 Å². The Balaban J connectivity index is 1.36. The Labute approximate surface area is 264 Å². The zero-order chi connectivity index (χ0) is 32.1. The van der Waals surface area contributed by atoms with Crippen molar-refractivity contribution >= 4 is 21.6 Å². The quantitative estimate of drug-likeness (QED) is 0.235. The van der Waals surface area contributed by atoms with Gasteiger partial charge in [-0.25, -0.2) is 12.8 Å². The summed E-state index contributed by atoms with van der Waals surface area (Å²) in [6.45, 7) is 5.16. The number of anilines is 1. The van der Waals surface area contributed by atoms with Crippen molar-refractivity contribution in [1.82, 2.24) is 9.80 Å². The third kappa shape index (κ3) is 7.70. The molecule has 8 nitrogen and oxygen atoms in total. The molecule has 5 rings (SSSR count). The molecule has 1 amide bonds. The fourth-order valence-corrected chi connectivity index (χ4v) is 6.50. The number of halogens is 1. The minimum absolute atomic E-state index is 0.0735. The molecule has 4 aromatic rings. The summed E-state index contributed by atoms with van der Waals surface area (Å²) in [6.07, 6.45) is -0.305. The molecule has 0 saturated carbocycles. The smallest absolute Gasteiger partial charge is 0.261 e. The second-order valence-corrected chi connectivity index (χ2v) is 13.3. The van der Waals surface area contributed by atoms with Crippen LogP contribution in [0.15, 0.2) is 102 Å². The number of nitrogens with zero attached hydrogens (tertiary/aromatic N) is 2. The highest BCUT2D eigenvalue weighted by Gasteiger charge is 2.33. The molecule has 2 N–H and O–H groups in total. The SMILES string of the molecule is C[C@@H]1CN([C@H](C)CO)C(=O)c2cc(NS(=O)(=O)c3ccc(F)cc3)ccc2O[C@H]1CN(C)Cc1ccc(-c2ccccc2)cc1. The summed E-state index contributed by atoms with van der Waals surface area (Å²) in [5.74, 6) is -0.662. The molecular weight excluding hydrogens is 593 g/mol. The molecule has 236 valence electrons. The van der Waals surface area contributed by atoms with Crippen molar-refractivity contribution in [3.63, 3.8) is 0 Å². The number of carbonyl (C=O) groups excluding carboxylic acids is 1. The standard InChI is InChI=1S/C35H38FN3O5S/c1-24-20-39(25(2)23-40)35(41)32-19-30(37-45(42,43)31-16-13-29(36)14-17-31)15-18-33(32)44-34(24)22-38(3)21-26-9-11-28(12-10-26)27-7-5-4-6-8-27/h4-19,24-25,34,37,40H,20-23H2,1-3H3/t24-,25-,34+/m1/s1. The van der Waals surface area contributed by atoms with Crippen molar-refractivity contribution in [3.8, 4) is 16.9 Å². The normalized spacial score (nSPS) is 17.6. The van der Waals surface area contributed by atoms with Crippen LogP contribution in [0, 0.1) is 11.7 Å². The minimum Gasteiger partial charge on any atom is -0.488 e. The van der Waals surface area contributed by atoms with Crippen molar-refractivity contribution in [1.29, 1.82) is 0 Å². The van der Waals surface area contributed by atoms with E-state index >= 15 is 0 Å². The molecule has 4 aromatic carbocycles. The predicted molar refractivity (Wildman–Crippen MR) is 173 cm³/mol. The number of nitrogens with one attached hydrogen (secondary N) is 1. The lowest BCUT2D eigenvalue weighted by atomic mass is 9.99. The van der Waals surface area contributed by atoms with E-state index < -0.39 is 21.9 Å². The van der Waals surface area contributed by atoms with Gasteiger partial charge in [0.1, 0.15) is 17.7 Å². The van der Waals surface area contributed by atoms with Gasteiger partial charge in [-0.15, -0.1) is 0 Å². The second kappa shape index (κ2) is 13.8. The third-order valence-electron chi connectivity index (χ3n) is 8.05. The second-order valence-electron chi connectivity index (χ2n) is 11.7. The van der Waals surface area contributed by atoms with E-state index in [-0.39, 0.29) is 40.7 Å². The van der Waals surface area contributed by atoms with Crippen LogP contribution in [0.4, 0.5) is 10.1 Å². The molecular formula is C35H38FN3O5S. The lowest BCUT2D eigenvalue weighted by Crippen LogP contribution is -2.49. The zero-order valence-corrected chi connectivity index (χ0v) is 26.4. The summed E-state index contributed by atoms with van der Waals surface area (Å²) in [4.78, 5) is 17.4. The van der Waals surface area contributed by atoms with Crippen LogP contribution in [0.3, 0.4) is 0 Å². The maximum absolute atomic E-state index is 13.8. The van der Waals surface area contributed by atoms with Crippen LogP contribution in [-0.2, 0) is 16.6 Å². The van der Waals surface area contributed by atoms with E-state index in [0.29, 0.717) is 25.4 Å². The number of hydrogen-bond donors (Lipinski definition) is 2. The predicted octanol–water partition coefficient (Wildman–Crippen LogP) is 5.65. The Hall–Kier alpha value is -4.25. The lowest BCUT2D eigenvalue weighted by Gasteiger charge is -2.38. The van der Waals surface area contributed by atoms with Gasteiger partial charge < -0.3 is 14.7 Å². The van der Waals surface area contributed by atoms with Gasteiger partial charge >= 0.3 is 0 Å². The Bertz CT molecular complexity index is 1720. The van der Waals surface area contributed by atoms with Crippen molar-refractivity contribution < 1.29 is 27.4 Å². The number of likely N-dealkylation sites (N-methyl/N-ethyl adjacent to an activating group) is 1. The largest absolute Gasteiger partial charge is 0.488 e. The van der Waals surface area contributed by atoms with Crippen LogP contribution in [0.25, 0.3) is 11.1 Å². The van der Waals surface area contributed by atoms with Gasteiger partial charge in [-0.1, -0.05) is 61.5 Å². The number of hydrogen-bond acceptors (Lipinski definition) is 6. The molecule has 10 heteroatoms. The first kappa shape index (κ1) is 32.2. The summed E-state index contributed by atoms with van der Waals surface area (Å²) in [5.41, 5.74) is 3.81. The Morgan fingerprint density at radius 2 is 1.67 bits per heavy atom. The van der Waals surface area contributed by atoms with Crippen LogP contribution in [-0.4, -0.2) is 68.1 Å². The third-order valence-corrected chi connectivity index (χ3v) is 9.44. The maximum atomic E-state index is 13.8. The van der Waals surface area contributed by atoms with Crippen molar-refractivity contribution in [2.24, 2.45) is 5.92 Å². The molecule has 0 spiro atoms. The fourth-order valence-electron chi connectivity index (χ4n) is 5.45. The van der Waals surface area contributed by atoms with Gasteiger partial charge in [0.2, 0.25) is 0 Å². The number of carbonyl (C=O) groups is 1. The molecule has 0 bridgehead atoms. The van der Waals surface area contributed by atoms with E-state index in [1.54, 1.807) is 17.9 Å². The molecule has 3 atom stereocenters. The average molecular weight is 632 g/mol. The number of amides is 1. The van der Waals surface area contributed by atoms with Crippen LogP contribution >= 0.6 is 0 Å². The number of ether oxygens (including phenoxy) is 1. The number of sulfonamides is 1. The van der Waals surface area contributed by atoms with Crippen LogP contribution < -0.4 is 9.46 Å². The monoisotopic (exact) mass is 631 g/mol. The molecule has 0 unspecified atom stereocenters. The molecule has 0 fully saturated rings. The van der Waals surface area contributed by atoms with Crippen molar-refractivity contribution in [3.05, 3.63) is 114 Å². The Morgan fingerprint density at radius 1 is 1.00 bits per heavy atom. The first-order valence-corrected chi connectivity index (χ1v) is 16.4. The number of rotatable bonds is 10. The van der Waals surface area contributed by atoms with E-state index in [9.17, 15) is 22.7 Å². The van der Waals surface area contributed by atoms with Crippen molar-refractivity contribution in [2.75, 3.05) is 31.5 Å². The molecule has 1 aliphatic heterocycles. The van der Waals surface area contributed by atoms with E-state index in [1.165, 1.54) is 24.3 Å². The average Bonchev–Trinajstić information content (AvgIpc) is 3.03. The summed E-state index contributed by atoms with van der Waals surface area (Å²) < 4.78 is 48.2. The molecule has 0 aromatic heterocycles. The molecule has 1 heterocycles. The van der Waals surface area contributed by atoms with E-state index in [2.05, 4.69) is 46.0 Å². The van der Waals surface area contributed by atoms with E-state index in [4.69, 9.17) is 4.74 Å². The summed E-state index contributed by atoms with van der Waals surface area (Å²) in [7, 11) is -2.02. The number of aliphatic hydroxyl groups is 1. The first-order chi connectivity index (χ1) is 21.5. The first-order valence-electron chi connectivity index (χ1n) is 14.9. The van der Waals surface area contributed by atoms with Gasteiger partial charge in [-0.2, -0.15) is 0 Å². The maximum Gasteiger partial charge on any atom is 0.261 e. The summed E-state index contributed by atoms with van der Waals surface area (Å²) >= 11 is 0. The summed E-state index contributed by atoms with van der Waals surface area (Å²) in [6, 6.07) is 27.3. The molecule has 1 aliphatic rings. The zero-order valence-electron chi connectivity index (χ0n) is 25.6. The van der Waals surface area contributed by atoms with Gasteiger partial charge in [-0.3, -0.25) is 14.4 Å². The van der Waals surface area contributed by atoms with Crippen LogP contribution in [0.1, 0.15) is 29.8 Å². The van der Waals surface area contributed by atoms with Crippen LogP contribution in [0.2, 0.25) is 0 Å². The van der Waals surface area contributed by atoms with E-state index in [1.807, 2.05) is 32.2 Å². The molecule has 0 radical (unpaired) electrons. The molecule has 45 heavy (non-hydrogen) atoms. The number of aliphatic hydroxyl groups excluding tert-OH is 1. The van der Waals surface area contributed by atoms with Gasteiger partial charge in [0.15, 0.2) is 0 Å². The highest BCUT2D eigenvalue weighted by Crippen LogP contribution is 2.32. The highest BCUT2D eigenvalue weighted by molar-refractivity contribution is 7.92. The minimum atomic E-state index is -4.04. The topological polar surface area (TPSA) is 99.2 Å². The van der Waals surface area contributed by atoms with Gasteiger partial charge in [-0.05, 0) is 73.1 Å². The number of fused-ring (bicyclic) bond motifs is 1. The van der Waals surface area contributed by atoms with Gasteiger partial charge in [0.05, 0.1) is 23.1 Å². The van der Waals surface area contributed by atoms with Crippen molar-refractivity contribution in [2.45, 2.75) is 37.4 Å². The molecule has 0 aliphatic carbocycles. The summed E-state index contributed by atoms with van der Waals surface area (Å²) in [5, 5.41) is 9.97. The Morgan fingerprint density at radius 3 is 2.33 bits per heavy atom. The molecule has 0 saturated heterocycles. The lowest BCUT2D eigenvalue weighted by molar-refractivity contribution is 0.0341. The Kier molecular flexibility index (Phi) is 9.86. The van der Waals surface area contributed by atoms with Crippen LogP contribution in [0.5, 0.6) is 5.75 Å². The highest BCUT2D eigenvalue weighted by atomic mass is 32.2. The van der Waals surface area contributed by atoms with Gasteiger partial charge in [0, 0.05) is 31.2 Å².